The number of carbonyl (C=O) groups is 2. The predicted molar refractivity (Wildman–Crippen MR) is 125 cm³/mol. The van der Waals surface area contributed by atoms with Crippen LogP contribution in [-0.2, 0) is 11.3 Å². The first kappa shape index (κ1) is 21.2. The van der Waals surface area contributed by atoms with Crippen LogP contribution in [0.2, 0.25) is 0 Å². The molecule has 2 N–H and O–H groups in total. The van der Waals surface area contributed by atoms with E-state index in [9.17, 15) is 9.59 Å². The average Bonchev–Trinajstić information content (AvgIpc) is 3.52. The molecule has 0 aliphatic rings. The summed E-state index contributed by atoms with van der Waals surface area (Å²) in [5, 5.41) is 10.4. The van der Waals surface area contributed by atoms with Crippen LogP contribution in [0.5, 0.6) is 5.75 Å². The summed E-state index contributed by atoms with van der Waals surface area (Å²) in [5.41, 5.74) is 1.96. The number of aromatic nitrogens is 2. The van der Waals surface area contributed by atoms with Gasteiger partial charge in [-0.1, -0.05) is 12.1 Å². The first-order valence-electron chi connectivity index (χ1n) is 9.23. The molecule has 7 nitrogen and oxygen atoms in total. The van der Waals surface area contributed by atoms with E-state index in [-0.39, 0.29) is 11.8 Å². The fourth-order valence-electron chi connectivity index (χ4n) is 2.75. The molecule has 0 radical (unpaired) electrons. The lowest BCUT2D eigenvalue weighted by atomic mass is 10.2. The molecule has 3 aromatic heterocycles. The summed E-state index contributed by atoms with van der Waals surface area (Å²) in [5.74, 6) is 0.336. The number of amides is 2. The fourth-order valence-corrected chi connectivity index (χ4v) is 5.27. The molecule has 0 atom stereocenters. The zero-order chi connectivity index (χ0) is 21.8. The Morgan fingerprint density at radius 1 is 1.06 bits per heavy atom. The number of nitrogens with one attached hydrogen (secondary N) is 2. The van der Waals surface area contributed by atoms with E-state index in [2.05, 4.69) is 20.6 Å². The summed E-state index contributed by atoms with van der Waals surface area (Å²) in [7, 11) is 1.61. The number of rotatable bonds is 7. The Labute approximate surface area is 190 Å². The van der Waals surface area contributed by atoms with Crippen molar-refractivity contribution in [2.45, 2.75) is 13.5 Å². The summed E-state index contributed by atoms with van der Waals surface area (Å²) in [6, 6.07) is 11.5. The van der Waals surface area contributed by atoms with Gasteiger partial charge in [-0.25, -0.2) is 9.97 Å². The third-order valence-electron chi connectivity index (χ3n) is 4.22. The Kier molecular flexibility index (Phi) is 6.40. The number of hydrogen-bond donors (Lipinski definition) is 2. The molecule has 0 aliphatic carbocycles. The second kappa shape index (κ2) is 9.38. The molecule has 31 heavy (non-hydrogen) atoms. The number of thiazole rings is 2. The molecule has 0 unspecified atom stereocenters. The molecule has 0 bridgehead atoms. The highest BCUT2D eigenvalue weighted by Crippen LogP contribution is 2.33. The van der Waals surface area contributed by atoms with Gasteiger partial charge in [0, 0.05) is 22.6 Å². The Bertz CT molecular complexity index is 1230. The standard InChI is InChI=1S/C21H18N4O3S3/c1-12(26)22-9-13-7-8-18(31-13)15-10-30-21(24-15)25-19(27)16-11-29-20(23-16)14-5-3-4-6-17(14)28-2/h3-8,10-11H,9H2,1-2H3,(H,22,26)(H,24,25,27). The second-order valence-electron chi connectivity index (χ2n) is 6.41. The van der Waals surface area contributed by atoms with E-state index >= 15 is 0 Å². The van der Waals surface area contributed by atoms with Gasteiger partial charge < -0.3 is 10.1 Å². The smallest absolute Gasteiger partial charge is 0.276 e. The maximum absolute atomic E-state index is 12.6. The third kappa shape index (κ3) is 4.98. The van der Waals surface area contributed by atoms with Gasteiger partial charge in [0.15, 0.2) is 5.13 Å². The largest absolute Gasteiger partial charge is 0.496 e. The van der Waals surface area contributed by atoms with Crippen LogP contribution in [-0.4, -0.2) is 28.9 Å². The summed E-state index contributed by atoms with van der Waals surface area (Å²) in [6.07, 6.45) is 0. The van der Waals surface area contributed by atoms with E-state index in [0.29, 0.717) is 28.1 Å². The Morgan fingerprint density at radius 2 is 1.90 bits per heavy atom. The van der Waals surface area contributed by atoms with Gasteiger partial charge in [0.25, 0.3) is 5.91 Å². The zero-order valence-electron chi connectivity index (χ0n) is 16.7. The second-order valence-corrected chi connectivity index (χ2v) is 9.29. The van der Waals surface area contributed by atoms with Crippen LogP contribution in [0.3, 0.4) is 0 Å². The van der Waals surface area contributed by atoms with Crippen molar-refractivity contribution in [2.24, 2.45) is 0 Å². The zero-order valence-corrected chi connectivity index (χ0v) is 19.1. The van der Waals surface area contributed by atoms with Gasteiger partial charge in [-0.05, 0) is 24.3 Å². The van der Waals surface area contributed by atoms with Crippen LogP contribution >= 0.6 is 34.0 Å². The highest BCUT2D eigenvalue weighted by Gasteiger charge is 2.16. The van der Waals surface area contributed by atoms with E-state index in [1.807, 2.05) is 41.8 Å². The summed E-state index contributed by atoms with van der Waals surface area (Å²) < 4.78 is 5.38. The number of nitrogens with zero attached hydrogens (tertiary/aromatic N) is 2. The quantitative estimate of drug-likeness (QED) is 0.401. The molecule has 0 saturated heterocycles. The highest BCUT2D eigenvalue weighted by atomic mass is 32.1. The lowest BCUT2D eigenvalue weighted by Gasteiger charge is -2.04. The van der Waals surface area contributed by atoms with Crippen molar-refractivity contribution in [3.8, 4) is 26.9 Å². The van der Waals surface area contributed by atoms with E-state index < -0.39 is 0 Å². The Balaban J connectivity index is 1.44. The molecule has 3 heterocycles. The van der Waals surface area contributed by atoms with Gasteiger partial charge in [0.1, 0.15) is 16.5 Å². The number of anilines is 1. The van der Waals surface area contributed by atoms with Crippen molar-refractivity contribution >= 4 is 51.0 Å². The molecule has 2 amide bonds. The molecule has 158 valence electrons. The lowest BCUT2D eigenvalue weighted by Crippen LogP contribution is -2.17. The van der Waals surface area contributed by atoms with Gasteiger partial charge in [-0.2, -0.15) is 0 Å². The van der Waals surface area contributed by atoms with Crippen molar-refractivity contribution < 1.29 is 14.3 Å². The lowest BCUT2D eigenvalue weighted by molar-refractivity contribution is -0.119. The van der Waals surface area contributed by atoms with Crippen molar-refractivity contribution in [2.75, 3.05) is 12.4 Å². The molecule has 4 aromatic rings. The molecule has 0 spiro atoms. The Hall–Kier alpha value is -3.08. The summed E-state index contributed by atoms with van der Waals surface area (Å²) in [4.78, 5) is 34.7. The number of methoxy groups -OCH3 is 1. The minimum atomic E-state index is -0.309. The van der Waals surface area contributed by atoms with Crippen molar-refractivity contribution in [1.82, 2.24) is 15.3 Å². The predicted octanol–water partition coefficient (Wildman–Crippen LogP) is 4.89. The number of hydrogen-bond acceptors (Lipinski definition) is 8. The van der Waals surface area contributed by atoms with Crippen LogP contribution < -0.4 is 15.4 Å². The molecule has 0 aliphatic heterocycles. The van der Waals surface area contributed by atoms with Crippen molar-refractivity contribution in [3.05, 3.63) is 57.7 Å². The van der Waals surface area contributed by atoms with Crippen LogP contribution in [0.15, 0.2) is 47.2 Å². The van der Waals surface area contributed by atoms with E-state index in [1.165, 1.54) is 29.6 Å². The average molecular weight is 471 g/mol. The minimum Gasteiger partial charge on any atom is -0.496 e. The van der Waals surface area contributed by atoms with E-state index in [4.69, 9.17) is 4.74 Å². The molecular weight excluding hydrogens is 452 g/mol. The van der Waals surface area contributed by atoms with E-state index in [0.717, 1.165) is 21.0 Å². The van der Waals surface area contributed by atoms with Crippen LogP contribution in [0.1, 0.15) is 22.3 Å². The van der Waals surface area contributed by atoms with Crippen LogP contribution in [0, 0.1) is 0 Å². The highest BCUT2D eigenvalue weighted by molar-refractivity contribution is 7.17. The summed E-state index contributed by atoms with van der Waals surface area (Å²) >= 11 is 4.29. The van der Waals surface area contributed by atoms with Gasteiger partial charge >= 0.3 is 0 Å². The van der Waals surface area contributed by atoms with Gasteiger partial charge in [0.2, 0.25) is 5.91 Å². The fraction of sp³-hybridized carbons (Fsp3) is 0.143. The number of benzene rings is 1. The van der Waals surface area contributed by atoms with E-state index in [1.54, 1.807) is 23.8 Å². The molecule has 1 aromatic carbocycles. The van der Waals surface area contributed by atoms with Gasteiger partial charge in [-0.15, -0.1) is 34.0 Å². The number of thiophene rings is 1. The monoisotopic (exact) mass is 470 g/mol. The Morgan fingerprint density at radius 3 is 2.71 bits per heavy atom. The van der Waals surface area contributed by atoms with Gasteiger partial charge in [-0.3, -0.25) is 14.9 Å². The minimum absolute atomic E-state index is 0.0653. The van der Waals surface area contributed by atoms with Crippen molar-refractivity contribution in [3.63, 3.8) is 0 Å². The number of para-hydroxylation sites is 1. The molecule has 0 saturated carbocycles. The third-order valence-corrected chi connectivity index (χ3v) is 6.97. The topological polar surface area (TPSA) is 93.2 Å². The normalized spacial score (nSPS) is 10.6. The number of carbonyl (C=O) groups excluding carboxylic acids is 2. The maximum atomic E-state index is 12.6. The van der Waals surface area contributed by atoms with Gasteiger partial charge in [0.05, 0.1) is 29.8 Å². The first-order valence-corrected chi connectivity index (χ1v) is 11.8. The van der Waals surface area contributed by atoms with Crippen LogP contribution in [0.4, 0.5) is 5.13 Å². The number of ether oxygens (including phenoxy) is 1. The van der Waals surface area contributed by atoms with Crippen LogP contribution in [0.25, 0.3) is 21.1 Å². The SMILES string of the molecule is COc1ccccc1-c1nc(C(=O)Nc2nc(-c3ccc(CNC(C)=O)s3)cs2)cs1. The molecule has 10 heteroatoms. The first-order chi connectivity index (χ1) is 15.0. The molecule has 4 rings (SSSR count). The molecular formula is C21H18N4O3S3. The van der Waals surface area contributed by atoms with Crippen molar-refractivity contribution in [1.29, 1.82) is 0 Å². The molecule has 0 fully saturated rings. The summed E-state index contributed by atoms with van der Waals surface area (Å²) in [6.45, 7) is 1.98. The maximum Gasteiger partial charge on any atom is 0.276 e.